The number of fused-ring (bicyclic) bond motifs is 1. The van der Waals surface area contributed by atoms with Crippen molar-refractivity contribution >= 4 is 40.8 Å². The summed E-state index contributed by atoms with van der Waals surface area (Å²) < 4.78 is 1.87. The van der Waals surface area contributed by atoms with Gasteiger partial charge < -0.3 is 5.73 Å². The largest absolute Gasteiger partial charge is 0.321 e. The molecule has 0 radical (unpaired) electrons. The van der Waals surface area contributed by atoms with Gasteiger partial charge in [0.25, 0.3) is 0 Å². The summed E-state index contributed by atoms with van der Waals surface area (Å²) in [7, 11) is 0. The number of benzene rings is 1. The lowest BCUT2D eigenvalue weighted by molar-refractivity contribution is 0.617. The summed E-state index contributed by atoms with van der Waals surface area (Å²) >= 11 is 9.25. The van der Waals surface area contributed by atoms with Gasteiger partial charge in [-0.2, -0.15) is 11.8 Å². The predicted octanol–water partition coefficient (Wildman–Crippen LogP) is 3.33. The lowest BCUT2D eigenvalue weighted by atomic mass is 10.2. The van der Waals surface area contributed by atoms with Crippen LogP contribution in [0.4, 0.5) is 0 Å². The van der Waals surface area contributed by atoms with Crippen molar-refractivity contribution in [3.63, 3.8) is 0 Å². The summed E-state index contributed by atoms with van der Waals surface area (Å²) in [5.41, 5.74) is 11.6. The minimum atomic E-state index is -0.133. The molecule has 1 aromatic carbocycles. The highest BCUT2D eigenvalue weighted by atomic mass is 35.5. The van der Waals surface area contributed by atoms with Crippen LogP contribution in [-0.2, 0) is 0 Å². The first kappa shape index (κ1) is 15.7. The molecule has 0 fully saturated rings. The Morgan fingerprint density at radius 1 is 1.36 bits per heavy atom. The Morgan fingerprint density at radius 2 is 2.14 bits per heavy atom. The molecule has 2 aromatic rings. The highest BCUT2D eigenvalue weighted by Crippen LogP contribution is 2.30. The number of nitrogens with two attached hydrogens (primary N) is 1. The van der Waals surface area contributed by atoms with Gasteiger partial charge in [0.2, 0.25) is 5.16 Å². The van der Waals surface area contributed by atoms with Crippen LogP contribution in [0.5, 0.6) is 0 Å². The van der Waals surface area contributed by atoms with E-state index in [1.165, 1.54) is 11.8 Å². The number of aromatic nitrogens is 3. The summed E-state index contributed by atoms with van der Waals surface area (Å²) in [4.78, 5) is 0. The number of nitrogens with one attached hydrogen (secondary N) is 1. The Labute approximate surface area is 142 Å². The minimum Gasteiger partial charge on any atom is -0.321 e. The highest BCUT2D eigenvalue weighted by molar-refractivity contribution is 8.02. The van der Waals surface area contributed by atoms with Gasteiger partial charge in [-0.15, -0.1) is 10.2 Å². The number of hydrogen-bond acceptors (Lipinski definition) is 6. The number of rotatable bonds is 5. The molecule has 5 nitrogen and oxygen atoms in total. The zero-order valence-electron chi connectivity index (χ0n) is 12.0. The van der Waals surface area contributed by atoms with E-state index in [2.05, 4.69) is 21.9 Å². The topological polar surface area (TPSA) is 68.8 Å². The molecule has 1 aliphatic rings. The molecular formula is C14H16ClN5S2. The number of nitrogens with zero attached hydrogens (tertiary/aromatic N) is 3. The third kappa shape index (κ3) is 3.27. The van der Waals surface area contributed by atoms with Gasteiger partial charge in [-0.3, -0.25) is 5.43 Å². The van der Waals surface area contributed by atoms with E-state index in [1.54, 1.807) is 11.8 Å². The van der Waals surface area contributed by atoms with Crippen molar-refractivity contribution in [2.24, 2.45) is 5.73 Å². The Bertz CT molecular complexity index is 683. The predicted molar refractivity (Wildman–Crippen MR) is 94.6 cm³/mol. The SMILES string of the molecule is CSCC[C@H](N)c1nnc2n1NC(c1ccc(Cl)cc1)=CS2. The van der Waals surface area contributed by atoms with Crippen molar-refractivity contribution in [1.82, 2.24) is 14.9 Å². The molecular weight excluding hydrogens is 338 g/mol. The first-order valence-corrected chi connectivity index (χ1v) is 9.44. The van der Waals surface area contributed by atoms with Gasteiger partial charge in [-0.1, -0.05) is 35.5 Å². The summed E-state index contributed by atoms with van der Waals surface area (Å²) in [5.74, 6) is 1.76. The molecule has 22 heavy (non-hydrogen) atoms. The molecule has 0 saturated carbocycles. The maximum atomic E-state index is 6.23. The van der Waals surface area contributed by atoms with Crippen molar-refractivity contribution in [3.8, 4) is 0 Å². The summed E-state index contributed by atoms with van der Waals surface area (Å²) in [6.07, 6.45) is 2.94. The van der Waals surface area contributed by atoms with Crippen molar-refractivity contribution < 1.29 is 0 Å². The summed E-state index contributed by atoms with van der Waals surface area (Å²) in [5, 5.41) is 12.0. The molecule has 0 spiro atoms. The van der Waals surface area contributed by atoms with E-state index in [0.717, 1.165) is 39.4 Å². The average molecular weight is 354 g/mol. The standard InChI is InChI=1S/C14H16ClN5S2/c1-21-7-6-11(16)13-17-18-14-20(13)19-12(8-22-14)9-2-4-10(15)5-3-9/h2-5,8,11,19H,6-7,16H2,1H3/t11-/m0/s1. The molecule has 3 rings (SSSR count). The average Bonchev–Trinajstić information content (AvgIpc) is 2.96. The van der Waals surface area contributed by atoms with Crippen LogP contribution in [0.25, 0.3) is 5.70 Å². The Balaban J connectivity index is 1.82. The molecule has 8 heteroatoms. The van der Waals surface area contributed by atoms with E-state index in [0.29, 0.717) is 0 Å². The fourth-order valence-corrected chi connectivity index (χ4v) is 3.46. The molecule has 0 saturated heterocycles. The van der Waals surface area contributed by atoms with Crippen LogP contribution in [0, 0.1) is 0 Å². The van der Waals surface area contributed by atoms with Gasteiger partial charge in [-0.05, 0) is 30.6 Å². The smallest absolute Gasteiger partial charge is 0.214 e. The van der Waals surface area contributed by atoms with Crippen LogP contribution in [0.15, 0.2) is 34.8 Å². The first-order chi connectivity index (χ1) is 10.7. The van der Waals surface area contributed by atoms with Gasteiger partial charge in [0, 0.05) is 16.0 Å². The lowest BCUT2D eigenvalue weighted by Gasteiger charge is -2.21. The minimum absolute atomic E-state index is 0.133. The van der Waals surface area contributed by atoms with E-state index in [9.17, 15) is 0 Å². The van der Waals surface area contributed by atoms with Crippen molar-refractivity contribution in [1.29, 1.82) is 0 Å². The number of hydrogen-bond donors (Lipinski definition) is 2. The van der Waals surface area contributed by atoms with Gasteiger partial charge in [0.1, 0.15) is 0 Å². The molecule has 116 valence electrons. The third-order valence-corrected chi connectivity index (χ3v) is 5.02. The molecule has 0 aliphatic carbocycles. The molecule has 0 bridgehead atoms. The van der Waals surface area contributed by atoms with E-state index in [-0.39, 0.29) is 6.04 Å². The zero-order chi connectivity index (χ0) is 15.5. The lowest BCUT2D eigenvalue weighted by Crippen LogP contribution is -2.24. The zero-order valence-corrected chi connectivity index (χ0v) is 14.4. The van der Waals surface area contributed by atoms with Crippen molar-refractivity contribution in [2.75, 3.05) is 17.4 Å². The van der Waals surface area contributed by atoms with Gasteiger partial charge in [0.15, 0.2) is 5.82 Å². The van der Waals surface area contributed by atoms with Crippen LogP contribution >= 0.6 is 35.1 Å². The van der Waals surface area contributed by atoms with Crippen LogP contribution in [-0.4, -0.2) is 26.9 Å². The highest BCUT2D eigenvalue weighted by Gasteiger charge is 2.22. The van der Waals surface area contributed by atoms with E-state index in [1.807, 2.05) is 34.3 Å². The van der Waals surface area contributed by atoms with Crippen molar-refractivity contribution in [2.45, 2.75) is 17.6 Å². The molecule has 2 heterocycles. The molecule has 1 aliphatic heterocycles. The molecule has 1 aromatic heterocycles. The number of thioether (sulfide) groups is 2. The van der Waals surface area contributed by atoms with Crippen LogP contribution < -0.4 is 11.2 Å². The Kier molecular flexibility index (Phi) is 4.97. The quantitative estimate of drug-likeness (QED) is 0.859. The summed E-state index contributed by atoms with van der Waals surface area (Å²) in [6.45, 7) is 0. The summed E-state index contributed by atoms with van der Waals surface area (Å²) in [6, 6.07) is 7.56. The second kappa shape index (κ2) is 6.95. The molecule has 3 N–H and O–H groups in total. The normalized spacial score (nSPS) is 15.0. The molecule has 0 unspecified atom stereocenters. The maximum Gasteiger partial charge on any atom is 0.214 e. The third-order valence-electron chi connectivity index (χ3n) is 3.29. The fourth-order valence-electron chi connectivity index (χ4n) is 2.10. The van der Waals surface area contributed by atoms with E-state index in [4.69, 9.17) is 17.3 Å². The second-order valence-electron chi connectivity index (χ2n) is 4.83. The van der Waals surface area contributed by atoms with Gasteiger partial charge in [-0.25, -0.2) is 4.68 Å². The monoisotopic (exact) mass is 353 g/mol. The Morgan fingerprint density at radius 3 is 2.86 bits per heavy atom. The maximum absolute atomic E-state index is 6.23. The molecule has 0 amide bonds. The number of halogens is 1. The van der Waals surface area contributed by atoms with Gasteiger partial charge >= 0.3 is 0 Å². The van der Waals surface area contributed by atoms with Crippen LogP contribution in [0.1, 0.15) is 23.9 Å². The van der Waals surface area contributed by atoms with E-state index >= 15 is 0 Å². The van der Waals surface area contributed by atoms with Crippen molar-refractivity contribution in [3.05, 3.63) is 46.1 Å². The first-order valence-electron chi connectivity index (χ1n) is 6.78. The van der Waals surface area contributed by atoms with Gasteiger partial charge in [0.05, 0.1) is 11.7 Å². The second-order valence-corrected chi connectivity index (χ2v) is 7.09. The van der Waals surface area contributed by atoms with E-state index < -0.39 is 0 Å². The fraction of sp³-hybridized carbons (Fsp3) is 0.286. The van der Waals surface area contributed by atoms with Crippen LogP contribution in [0.3, 0.4) is 0 Å². The molecule has 1 atom stereocenters. The van der Waals surface area contributed by atoms with Crippen LogP contribution in [0.2, 0.25) is 5.02 Å². The Hall–Kier alpha value is -1.15.